The molecule has 0 aliphatic carbocycles. The topological polar surface area (TPSA) is 9.23 Å². The molecule has 0 saturated heterocycles. The third kappa shape index (κ3) is 2.78. The minimum atomic E-state index is -0.0578. The molecule has 0 radical (unpaired) electrons. The Bertz CT molecular complexity index is 1620. The fourth-order valence-electron chi connectivity index (χ4n) is 5.60. The highest BCUT2D eigenvalue weighted by Gasteiger charge is 2.33. The van der Waals surface area contributed by atoms with E-state index in [1.807, 2.05) is 0 Å². The molecule has 6 aromatic carbocycles. The Kier molecular flexibility index (Phi) is 4.15. The van der Waals surface area contributed by atoms with Crippen LogP contribution in [0.4, 0.5) is 0 Å². The van der Waals surface area contributed by atoms with Gasteiger partial charge >= 0.3 is 6.92 Å². The molecule has 1 nitrogen and oxygen atoms in total. The van der Waals surface area contributed by atoms with Gasteiger partial charge in [-0.3, -0.25) is 0 Å². The SMILES string of the molecule is c1ccc2c(c1)COB2c1c2ccccc2c(-c2cccc3ccccc23)c2ccccc12. The molecule has 1 aliphatic rings. The average Bonchev–Trinajstić information content (AvgIpc) is 3.31. The molecule has 0 bridgehead atoms. The first-order valence-electron chi connectivity index (χ1n) is 11.5. The number of rotatable bonds is 2. The van der Waals surface area contributed by atoms with Crippen molar-refractivity contribution in [3.8, 4) is 11.1 Å². The number of hydrogen-bond donors (Lipinski definition) is 0. The van der Waals surface area contributed by atoms with Crippen LogP contribution < -0.4 is 10.9 Å². The van der Waals surface area contributed by atoms with Gasteiger partial charge in [0, 0.05) is 0 Å². The van der Waals surface area contributed by atoms with Gasteiger partial charge in [0.15, 0.2) is 0 Å². The molecule has 0 spiro atoms. The predicted molar refractivity (Wildman–Crippen MR) is 141 cm³/mol. The molecule has 1 heterocycles. The quantitative estimate of drug-likeness (QED) is 0.231. The van der Waals surface area contributed by atoms with Crippen LogP contribution in [-0.2, 0) is 11.3 Å². The van der Waals surface area contributed by atoms with Crippen LogP contribution in [0.25, 0.3) is 43.4 Å². The largest absolute Gasteiger partial charge is 0.423 e. The summed E-state index contributed by atoms with van der Waals surface area (Å²) in [5, 5.41) is 7.62. The van der Waals surface area contributed by atoms with Crippen LogP contribution in [0.2, 0.25) is 0 Å². The standard InChI is InChI=1S/C31H21BO/c1-3-13-23-21(10-1)12-9-18-24(23)30-25-14-4-6-16-27(25)31(28-17-7-5-15-26(28)30)32-29-19-8-2-11-22(29)20-33-32/h1-19H,20H2. The number of benzene rings is 6. The van der Waals surface area contributed by atoms with Gasteiger partial charge < -0.3 is 4.65 Å². The van der Waals surface area contributed by atoms with Gasteiger partial charge in [0.25, 0.3) is 0 Å². The van der Waals surface area contributed by atoms with E-state index < -0.39 is 0 Å². The lowest BCUT2D eigenvalue weighted by Gasteiger charge is -2.20. The average molecular weight is 420 g/mol. The molecule has 2 heteroatoms. The maximum Gasteiger partial charge on any atom is 0.363 e. The third-order valence-electron chi connectivity index (χ3n) is 7.04. The van der Waals surface area contributed by atoms with Crippen LogP contribution in [0.15, 0.2) is 115 Å². The lowest BCUT2D eigenvalue weighted by atomic mass is 9.53. The lowest BCUT2D eigenvalue weighted by Crippen LogP contribution is -2.42. The highest BCUT2D eigenvalue weighted by Crippen LogP contribution is 2.39. The summed E-state index contributed by atoms with van der Waals surface area (Å²) in [6.45, 7) is 0.603. The summed E-state index contributed by atoms with van der Waals surface area (Å²) in [5.74, 6) is 0. The van der Waals surface area contributed by atoms with Crippen LogP contribution in [-0.4, -0.2) is 6.92 Å². The van der Waals surface area contributed by atoms with Crippen molar-refractivity contribution < 1.29 is 4.65 Å². The monoisotopic (exact) mass is 420 g/mol. The molecule has 154 valence electrons. The molecule has 0 amide bonds. The van der Waals surface area contributed by atoms with E-state index in [1.54, 1.807) is 0 Å². The molecule has 0 saturated carbocycles. The van der Waals surface area contributed by atoms with Gasteiger partial charge in [-0.05, 0) is 59.9 Å². The van der Waals surface area contributed by atoms with Crippen molar-refractivity contribution >= 4 is 50.2 Å². The Morgan fingerprint density at radius 3 is 1.85 bits per heavy atom. The van der Waals surface area contributed by atoms with Crippen molar-refractivity contribution in [1.29, 1.82) is 0 Å². The maximum atomic E-state index is 6.44. The fraction of sp³-hybridized carbons (Fsp3) is 0.0323. The van der Waals surface area contributed by atoms with E-state index in [0.29, 0.717) is 6.61 Å². The second-order valence-electron chi connectivity index (χ2n) is 8.80. The van der Waals surface area contributed by atoms with E-state index in [0.717, 1.165) is 0 Å². The Morgan fingerprint density at radius 1 is 0.515 bits per heavy atom. The molecule has 0 unspecified atom stereocenters. The summed E-state index contributed by atoms with van der Waals surface area (Å²) >= 11 is 0. The normalized spacial score (nSPS) is 13.2. The van der Waals surface area contributed by atoms with Crippen molar-refractivity contribution in [3.05, 3.63) is 121 Å². The molecule has 0 N–H and O–H groups in total. The summed E-state index contributed by atoms with van der Waals surface area (Å²) in [7, 11) is 0. The van der Waals surface area contributed by atoms with Gasteiger partial charge in [0.05, 0.1) is 6.61 Å². The maximum absolute atomic E-state index is 6.44. The highest BCUT2D eigenvalue weighted by atomic mass is 16.4. The van der Waals surface area contributed by atoms with E-state index in [2.05, 4.69) is 115 Å². The third-order valence-corrected chi connectivity index (χ3v) is 7.04. The molecule has 1 aliphatic heterocycles. The van der Waals surface area contributed by atoms with E-state index in [1.165, 1.54) is 59.9 Å². The molecule has 33 heavy (non-hydrogen) atoms. The fourth-order valence-corrected chi connectivity index (χ4v) is 5.60. The van der Waals surface area contributed by atoms with Crippen LogP contribution in [0.3, 0.4) is 0 Å². The first-order valence-corrected chi connectivity index (χ1v) is 11.5. The summed E-state index contributed by atoms with van der Waals surface area (Å²) in [6, 6.07) is 41.6. The van der Waals surface area contributed by atoms with Crippen molar-refractivity contribution in [3.63, 3.8) is 0 Å². The van der Waals surface area contributed by atoms with Gasteiger partial charge in [-0.15, -0.1) is 0 Å². The Morgan fingerprint density at radius 2 is 1.09 bits per heavy atom. The molecule has 0 atom stereocenters. The molecular weight excluding hydrogens is 399 g/mol. The van der Waals surface area contributed by atoms with E-state index in [-0.39, 0.29) is 6.92 Å². The van der Waals surface area contributed by atoms with Crippen molar-refractivity contribution in [2.24, 2.45) is 0 Å². The molecule has 0 fully saturated rings. The minimum absolute atomic E-state index is 0.0578. The van der Waals surface area contributed by atoms with Crippen molar-refractivity contribution in [1.82, 2.24) is 0 Å². The van der Waals surface area contributed by atoms with E-state index in [4.69, 9.17) is 4.65 Å². The van der Waals surface area contributed by atoms with Crippen molar-refractivity contribution in [2.75, 3.05) is 0 Å². The first-order chi connectivity index (χ1) is 16.4. The van der Waals surface area contributed by atoms with Crippen LogP contribution in [0, 0.1) is 0 Å². The van der Waals surface area contributed by atoms with Crippen LogP contribution >= 0.6 is 0 Å². The van der Waals surface area contributed by atoms with Gasteiger partial charge in [-0.25, -0.2) is 0 Å². The van der Waals surface area contributed by atoms with Crippen LogP contribution in [0.5, 0.6) is 0 Å². The summed E-state index contributed by atoms with van der Waals surface area (Å²) in [6.07, 6.45) is 0. The van der Waals surface area contributed by atoms with Gasteiger partial charge in [0.2, 0.25) is 0 Å². The second-order valence-corrected chi connectivity index (χ2v) is 8.80. The number of fused-ring (bicyclic) bond motifs is 4. The Labute approximate surface area is 193 Å². The van der Waals surface area contributed by atoms with E-state index >= 15 is 0 Å². The summed E-state index contributed by atoms with van der Waals surface area (Å²) in [4.78, 5) is 0. The first kappa shape index (κ1) is 18.7. The molecule has 0 aromatic heterocycles. The van der Waals surface area contributed by atoms with Crippen molar-refractivity contribution in [2.45, 2.75) is 6.61 Å². The second kappa shape index (κ2) is 7.33. The van der Waals surface area contributed by atoms with Gasteiger partial charge in [-0.2, -0.15) is 0 Å². The lowest BCUT2D eigenvalue weighted by molar-refractivity contribution is 0.337. The number of hydrogen-bond acceptors (Lipinski definition) is 1. The summed E-state index contributed by atoms with van der Waals surface area (Å²) in [5.41, 5.74) is 6.42. The minimum Gasteiger partial charge on any atom is -0.423 e. The molecule has 6 aromatic rings. The molecular formula is C31H21BO. The zero-order valence-electron chi connectivity index (χ0n) is 18.2. The Balaban J connectivity index is 1.64. The van der Waals surface area contributed by atoms with Crippen LogP contribution in [0.1, 0.15) is 5.56 Å². The van der Waals surface area contributed by atoms with Gasteiger partial charge in [-0.1, -0.05) is 115 Å². The predicted octanol–water partition coefficient (Wildman–Crippen LogP) is 6.45. The smallest absolute Gasteiger partial charge is 0.363 e. The zero-order chi connectivity index (χ0) is 21.8. The Hall–Kier alpha value is -3.88. The summed E-state index contributed by atoms with van der Waals surface area (Å²) < 4.78 is 6.44. The highest BCUT2D eigenvalue weighted by molar-refractivity contribution is 6.85. The van der Waals surface area contributed by atoms with Gasteiger partial charge in [0.1, 0.15) is 0 Å². The molecule has 7 rings (SSSR count). The van der Waals surface area contributed by atoms with E-state index in [9.17, 15) is 0 Å². The zero-order valence-corrected chi connectivity index (χ0v) is 18.2.